The summed E-state index contributed by atoms with van der Waals surface area (Å²) in [6.07, 6.45) is 0. The van der Waals surface area contributed by atoms with Crippen molar-refractivity contribution in [1.29, 1.82) is 0 Å². The predicted octanol–water partition coefficient (Wildman–Crippen LogP) is 5.29. The van der Waals surface area contributed by atoms with Gasteiger partial charge >= 0.3 is 5.97 Å². The smallest absolute Gasteiger partial charge is 0.338 e. The number of rotatable bonds is 6. The molecule has 7 heteroatoms. The van der Waals surface area contributed by atoms with Gasteiger partial charge < -0.3 is 10.1 Å². The molecule has 0 aliphatic carbocycles. The molecule has 1 N–H and O–H groups in total. The molecule has 0 heterocycles. The van der Waals surface area contributed by atoms with Crippen molar-refractivity contribution >= 4 is 46.5 Å². The molecule has 0 aliphatic heterocycles. The first-order valence-corrected chi connectivity index (χ1v) is 9.31. The summed E-state index contributed by atoms with van der Waals surface area (Å²) in [6.45, 7) is -0.452. The number of amides is 1. The third-order valence-corrected chi connectivity index (χ3v) is 4.53. The van der Waals surface area contributed by atoms with Gasteiger partial charge in [0.2, 0.25) is 5.78 Å². The van der Waals surface area contributed by atoms with Crippen LogP contribution in [0.25, 0.3) is 0 Å². The van der Waals surface area contributed by atoms with E-state index in [9.17, 15) is 14.4 Å². The van der Waals surface area contributed by atoms with Gasteiger partial charge in [-0.15, -0.1) is 0 Å². The largest absolute Gasteiger partial charge is 0.454 e. The van der Waals surface area contributed by atoms with Gasteiger partial charge in [0, 0.05) is 21.8 Å². The zero-order valence-electron chi connectivity index (χ0n) is 15.0. The number of benzene rings is 3. The normalized spacial score (nSPS) is 10.3. The Hall–Kier alpha value is -3.15. The molecule has 0 fully saturated rings. The third kappa shape index (κ3) is 5.44. The van der Waals surface area contributed by atoms with Gasteiger partial charge in [0.05, 0.1) is 10.6 Å². The summed E-state index contributed by atoms with van der Waals surface area (Å²) in [7, 11) is 0. The van der Waals surface area contributed by atoms with E-state index in [2.05, 4.69) is 5.32 Å². The standard InChI is InChI=1S/C22H15Cl2NO4/c23-16-8-11-18(19(24)12-16)20(26)13-29-22(28)15-6-9-17(10-7-15)25-21(27)14-4-2-1-3-5-14/h1-12H,13H2,(H,25,27). The molecule has 3 aromatic carbocycles. The topological polar surface area (TPSA) is 72.5 Å². The first kappa shape index (κ1) is 20.6. The van der Waals surface area contributed by atoms with Crippen molar-refractivity contribution in [2.24, 2.45) is 0 Å². The van der Waals surface area contributed by atoms with Crippen LogP contribution in [0, 0.1) is 0 Å². The fraction of sp³-hybridized carbons (Fsp3) is 0.0455. The van der Waals surface area contributed by atoms with E-state index in [1.807, 2.05) is 6.07 Å². The lowest BCUT2D eigenvalue weighted by molar-refractivity contribution is 0.0475. The van der Waals surface area contributed by atoms with Crippen LogP contribution >= 0.6 is 23.2 Å². The minimum atomic E-state index is -0.663. The number of carbonyl (C=O) groups excluding carboxylic acids is 3. The maximum atomic E-state index is 12.2. The van der Waals surface area contributed by atoms with Crippen molar-refractivity contribution in [3.05, 3.63) is 99.5 Å². The highest BCUT2D eigenvalue weighted by molar-refractivity contribution is 6.36. The molecule has 0 bridgehead atoms. The monoisotopic (exact) mass is 427 g/mol. The summed E-state index contributed by atoms with van der Waals surface area (Å²) in [4.78, 5) is 36.5. The van der Waals surface area contributed by atoms with Gasteiger partial charge in [-0.3, -0.25) is 9.59 Å². The Morgan fingerprint density at radius 3 is 2.17 bits per heavy atom. The minimum absolute atomic E-state index is 0.192. The van der Waals surface area contributed by atoms with Gasteiger partial charge in [-0.1, -0.05) is 41.4 Å². The molecular formula is C22H15Cl2NO4. The summed E-state index contributed by atoms with van der Waals surface area (Å²) in [5.74, 6) is -1.36. The average molecular weight is 428 g/mol. The molecule has 0 unspecified atom stereocenters. The van der Waals surface area contributed by atoms with Crippen molar-refractivity contribution in [1.82, 2.24) is 0 Å². The van der Waals surface area contributed by atoms with Gasteiger partial charge in [0.1, 0.15) is 0 Å². The highest BCUT2D eigenvalue weighted by Gasteiger charge is 2.15. The van der Waals surface area contributed by atoms with E-state index in [1.165, 1.54) is 30.3 Å². The van der Waals surface area contributed by atoms with Crippen LogP contribution in [0.3, 0.4) is 0 Å². The van der Waals surface area contributed by atoms with E-state index >= 15 is 0 Å². The molecule has 0 atom stereocenters. The molecule has 3 aromatic rings. The first-order chi connectivity index (χ1) is 13.9. The number of nitrogens with one attached hydrogen (secondary N) is 1. The van der Waals surface area contributed by atoms with Crippen LogP contribution < -0.4 is 5.32 Å². The number of ketones is 1. The van der Waals surface area contributed by atoms with Crippen molar-refractivity contribution in [3.8, 4) is 0 Å². The number of ether oxygens (including phenoxy) is 1. The third-order valence-electron chi connectivity index (χ3n) is 3.98. The Labute approximate surface area is 177 Å². The number of hydrogen-bond donors (Lipinski definition) is 1. The van der Waals surface area contributed by atoms with Gasteiger partial charge in [0.15, 0.2) is 6.61 Å². The van der Waals surface area contributed by atoms with Crippen LogP contribution in [0.1, 0.15) is 31.1 Å². The molecule has 0 saturated heterocycles. The number of esters is 1. The lowest BCUT2D eigenvalue weighted by Gasteiger charge is -2.08. The molecule has 3 rings (SSSR count). The molecule has 29 heavy (non-hydrogen) atoms. The number of hydrogen-bond acceptors (Lipinski definition) is 4. The molecule has 1 amide bonds. The van der Waals surface area contributed by atoms with Crippen LogP contribution in [0.15, 0.2) is 72.8 Å². The summed E-state index contributed by atoms with van der Waals surface area (Å²) in [6, 6.07) is 19.4. The SMILES string of the molecule is O=C(Nc1ccc(C(=O)OCC(=O)c2ccc(Cl)cc2Cl)cc1)c1ccccc1. The first-order valence-electron chi connectivity index (χ1n) is 8.56. The molecular weight excluding hydrogens is 413 g/mol. The molecule has 0 aromatic heterocycles. The summed E-state index contributed by atoms with van der Waals surface area (Å²) in [5, 5.41) is 3.33. The highest BCUT2D eigenvalue weighted by Crippen LogP contribution is 2.21. The highest BCUT2D eigenvalue weighted by atomic mass is 35.5. The van der Waals surface area contributed by atoms with Gasteiger partial charge in [-0.25, -0.2) is 4.79 Å². The van der Waals surface area contributed by atoms with Crippen molar-refractivity contribution in [2.45, 2.75) is 0 Å². The lowest BCUT2D eigenvalue weighted by Crippen LogP contribution is -2.15. The number of Topliss-reactive ketones (excluding diaryl/α,β-unsaturated/α-hetero) is 1. The molecule has 0 radical (unpaired) electrons. The Morgan fingerprint density at radius 2 is 1.52 bits per heavy atom. The minimum Gasteiger partial charge on any atom is -0.454 e. The van der Waals surface area contributed by atoms with E-state index < -0.39 is 18.4 Å². The molecule has 0 aliphatic rings. The van der Waals surface area contributed by atoms with Crippen molar-refractivity contribution in [3.63, 3.8) is 0 Å². The van der Waals surface area contributed by atoms with Crippen LogP contribution in [-0.4, -0.2) is 24.3 Å². The summed E-state index contributed by atoms with van der Waals surface area (Å²) in [5.41, 5.74) is 1.52. The quantitative estimate of drug-likeness (QED) is 0.428. The average Bonchev–Trinajstić information content (AvgIpc) is 2.73. The van der Waals surface area contributed by atoms with E-state index in [1.54, 1.807) is 36.4 Å². The molecule has 5 nitrogen and oxygen atoms in total. The number of anilines is 1. The maximum Gasteiger partial charge on any atom is 0.338 e. The zero-order chi connectivity index (χ0) is 20.8. The Morgan fingerprint density at radius 1 is 0.828 bits per heavy atom. The second-order valence-electron chi connectivity index (χ2n) is 6.02. The lowest BCUT2D eigenvalue weighted by atomic mass is 10.1. The van der Waals surface area contributed by atoms with Crippen molar-refractivity contribution in [2.75, 3.05) is 11.9 Å². The van der Waals surface area contributed by atoms with Gasteiger partial charge in [-0.05, 0) is 54.6 Å². The number of halogens is 2. The van der Waals surface area contributed by atoms with Crippen LogP contribution in [0.4, 0.5) is 5.69 Å². The summed E-state index contributed by atoms with van der Waals surface area (Å²) < 4.78 is 5.05. The molecule has 0 saturated carbocycles. The Kier molecular flexibility index (Phi) is 6.65. The maximum absolute atomic E-state index is 12.2. The van der Waals surface area contributed by atoms with Gasteiger partial charge in [-0.2, -0.15) is 0 Å². The van der Waals surface area contributed by atoms with E-state index in [0.717, 1.165) is 0 Å². The molecule has 146 valence electrons. The number of carbonyl (C=O) groups is 3. The molecule has 0 spiro atoms. The van der Waals surface area contributed by atoms with Crippen LogP contribution in [-0.2, 0) is 4.74 Å². The summed E-state index contributed by atoms with van der Waals surface area (Å²) >= 11 is 11.8. The zero-order valence-corrected chi connectivity index (χ0v) is 16.5. The van der Waals surface area contributed by atoms with Crippen LogP contribution in [0.5, 0.6) is 0 Å². The Bertz CT molecular complexity index is 1050. The second kappa shape index (κ2) is 9.37. The predicted molar refractivity (Wildman–Crippen MR) is 112 cm³/mol. The van der Waals surface area contributed by atoms with Gasteiger partial charge in [0.25, 0.3) is 5.91 Å². The van der Waals surface area contributed by atoms with Crippen LogP contribution in [0.2, 0.25) is 10.0 Å². The fourth-order valence-electron chi connectivity index (χ4n) is 2.49. The van der Waals surface area contributed by atoms with E-state index in [4.69, 9.17) is 27.9 Å². The Balaban J connectivity index is 1.57. The second-order valence-corrected chi connectivity index (χ2v) is 6.86. The van der Waals surface area contributed by atoms with E-state index in [-0.39, 0.29) is 22.1 Å². The van der Waals surface area contributed by atoms with Crippen molar-refractivity contribution < 1.29 is 19.1 Å². The fourth-order valence-corrected chi connectivity index (χ4v) is 3.00. The van der Waals surface area contributed by atoms with E-state index in [0.29, 0.717) is 16.3 Å².